The van der Waals surface area contributed by atoms with Gasteiger partial charge in [-0.3, -0.25) is 0 Å². The van der Waals surface area contributed by atoms with Crippen LogP contribution < -0.4 is 10.1 Å². The smallest absolute Gasteiger partial charge is 0.147 e. The average Bonchev–Trinajstić information content (AvgIpc) is 2.39. The molecule has 1 atom stereocenters. The molecule has 1 aromatic carbocycles. The molecule has 1 aliphatic rings. The van der Waals surface area contributed by atoms with Crippen molar-refractivity contribution in [2.24, 2.45) is 0 Å². The summed E-state index contributed by atoms with van der Waals surface area (Å²) in [6, 6.07) is 7.96. The predicted molar refractivity (Wildman–Crippen MR) is 66.4 cm³/mol. The highest BCUT2D eigenvalue weighted by atomic mass is 16.7. The van der Waals surface area contributed by atoms with Gasteiger partial charge < -0.3 is 19.5 Å². The molecular weight excluding hydrogens is 218 g/mol. The molecule has 0 aliphatic carbocycles. The Hall–Kier alpha value is -1.26. The largest absolute Gasteiger partial charge is 0.492 e. The lowest BCUT2D eigenvalue weighted by Gasteiger charge is -2.23. The molecule has 1 aliphatic heterocycles. The lowest BCUT2D eigenvalue weighted by molar-refractivity contribution is -0.133. The highest BCUT2D eigenvalue weighted by Gasteiger charge is 2.14. The maximum absolute atomic E-state index is 5.55. The molecule has 1 saturated heterocycles. The number of ether oxygens (including phenoxy) is 3. The van der Waals surface area contributed by atoms with Crippen LogP contribution in [0.3, 0.4) is 0 Å². The van der Waals surface area contributed by atoms with Crippen LogP contribution in [-0.4, -0.2) is 32.7 Å². The maximum atomic E-state index is 5.55. The topological polar surface area (TPSA) is 39.7 Å². The summed E-state index contributed by atoms with van der Waals surface area (Å²) in [7, 11) is 0. The zero-order chi connectivity index (χ0) is 11.9. The first-order valence-electron chi connectivity index (χ1n) is 6.05. The first kappa shape index (κ1) is 12.2. The van der Waals surface area contributed by atoms with E-state index >= 15 is 0 Å². The van der Waals surface area contributed by atoms with Gasteiger partial charge in [0, 0.05) is 6.54 Å². The van der Waals surface area contributed by atoms with Crippen LogP contribution in [-0.2, 0) is 9.47 Å². The van der Waals surface area contributed by atoms with Crippen molar-refractivity contribution in [3.63, 3.8) is 0 Å². The zero-order valence-electron chi connectivity index (χ0n) is 10.1. The van der Waals surface area contributed by atoms with Crippen LogP contribution in [0.25, 0.3) is 0 Å². The molecule has 17 heavy (non-hydrogen) atoms. The molecule has 1 N–H and O–H groups in total. The van der Waals surface area contributed by atoms with Gasteiger partial charge in [-0.1, -0.05) is 12.1 Å². The summed E-state index contributed by atoms with van der Waals surface area (Å²) in [6.07, 6.45) is 1.16. The molecular formula is C13H19NO3. The van der Waals surface area contributed by atoms with Gasteiger partial charge in [-0.15, -0.1) is 0 Å². The third kappa shape index (κ3) is 3.61. The molecule has 4 nitrogen and oxygen atoms in total. The highest BCUT2D eigenvalue weighted by Crippen LogP contribution is 2.23. The van der Waals surface area contributed by atoms with Crippen LogP contribution >= 0.6 is 0 Å². The second-order valence-electron chi connectivity index (χ2n) is 3.91. The van der Waals surface area contributed by atoms with Gasteiger partial charge in [0.1, 0.15) is 12.5 Å². The van der Waals surface area contributed by atoms with Crippen molar-refractivity contribution in [2.45, 2.75) is 19.4 Å². The lowest BCUT2D eigenvalue weighted by atomic mass is 10.2. The third-order valence-corrected chi connectivity index (χ3v) is 2.68. The fraction of sp³-hybridized carbons (Fsp3) is 0.538. The Morgan fingerprint density at radius 1 is 1.41 bits per heavy atom. The number of hydrogen-bond acceptors (Lipinski definition) is 4. The lowest BCUT2D eigenvalue weighted by Crippen LogP contribution is -2.30. The minimum atomic E-state index is 0.221. The van der Waals surface area contributed by atoms with Crippen molar-refractivity contribution in [3.8, 4) is 5.75 Å². The van der Waals surface area contributed by atoms with Gasteiger partial charge in [0.25, 0.3) is 0 Å². The molecule has 0 bridgehead atoms. The Bertz CT molecular complexity index is 337. The Labute approximate surface area is 102 Å². The summed E-state index contributed by atoms with van der Waals surface area (Å²) >= 11 is 0. The molecule has 1 aromatic rings. The van der Waals surface area contributed by atoms with Crippen LogP contribution in [0.15, 0.2) is 24.3 Å². The summed E-state index contributed by atoms with van der Waals surface area (Å²) in [4.78, 5) is 0. The number of benzene rings is 1. The number of nitrogens with one attached hydrogen (secondary N) is 1. The minimum Gasteiger partial charge on any atom is -0.492 e. The normalized spacial score (nSPS) is 19.9. The summed E-state index contributed by atoms with van der Waals surface area (Å²) in [5.74, 6) is 0.891. The zero-order valence-corrected chi connectivity index (χ0v) is 10.1. The summed E-state index contributed by atoms with van der Waals surface area (Å²) in [6.45, 7) is 4.62. The molecule has 4 heteroatoms. The van der Waals surface area contributed by atoms with E-state index in [1.807, 2.05) is 31.2 Å². The third-order valence-electron chi connectivity index (χ3n) is 2.68. The van der Waals surface area contributed by atoms with Crippen LogP contribution in [0.2, 0.25) is 0 Å². The molecule has 1 fully saturated rings. The molecule has 0 radical (unpaired) electrons. The summed E-state index contributed by atoms with van der Waals surface area (Å²) in [5, 5.41) is 3.36. The highest BCUT2D eigenvalue weighted by molar-refractivity contribution is 5.56. The van der Waals surface area contributed by atoms with E-state index in [9.17, 15) is 0 Å². The van der Waals surface area contributed by atoms with Crippen LogP contribution in [0.4, 0.5) is 5.69 Å². The van der Waals surface area contributed by atoms with Crippen LogP contribution in [0, 0.1) is 0 Å². The number of anilines is 1. The summed E-state index contributed by atoms with van der Waals surface area (Å²) in [5.41, 5.74) is 1.02. The SMILES string of the molecule is CCOc1ccccc1NCC1CCOCO1. The van der Waals surface area contributed by atoms with Crippen molar-refractivity contribution in [2.75, 3.05) is 31.9 Å². The second kappa shape index (κ2) is 6.47. The Balaban J connectivity index is 1.88. The van der Waals surface area contributed by atoms with Gasteiger partial charge >= 0.3 is 0 Å². The molecule has 0 saturated carbocycles. The minimum absolute atomic E-state index is 0.221. The number of hydrogen-bond donors (Lipinski definition) is 1. The maximum Gasteiger partial charge on any atom is 0.147 e. The van der Waals surface area contributed by atoms with Crippen LogP contribution in [0.1, 0.15) is 13.3 Å². The van der Waals surface area contributed by atoms with E-state index in [4.69, 9.17) is 14.2 Å². The van der Waals surface area contributed by atoms with Gasteiger partial charge in [-0.2, -0.15) is 0 Å². The second-order valence-corrected chi connectivity index (χ2v) is 3.91. The molecule has 0 aromatic heterocycles. The standard InChI is InChI=1S/C13H19NO3/c1-2-16-13-6-4-3-5-12(13)14-9-11-7-8-15-10-17-11/h3-6,11,14H,2,7-10H2,1H3. The quantitative estimate of drug-likeness (QED) is 0.852. The van der Waals surface area contributed by atoms with Gasteiger partial charge in [0.15, 0.2) is 0 Å². The number of para-hydroxylation sites is 2. The first-order valence-corrected chi connectivity index (χ1v) is 6.05. The van der Waals surface area contributed by atoms with Gasteiger partial charge in [-0.25, -0.2) is 0 Å². The van der Waals surface area contributed by atoms with Crippen LogP contribution in [0.5, 0.6) is 5.75 Å². The first-order chi connectivity index (χ1) is 8.40. The van der Waals surface area contributed by atoms with E-state index in [0.717, 1.165) is 31.0 Å². The van der Waals surface area contributed by atoms with E-state index in [-0.39, 0.29) is 6.10 Å². The van der Waals surface area contributed by atoms with Gasteiger partial charge in [0.2, 0.25) is 0 Å². The van der Waals surface area contributed by atoms with E-state index in [0.29, 0.717) is 13.4 Å². The van der Waals surface area contributed by atoms with E-state index in [1.54, 1.807) is 0 Å². The van der Waals surface area contributed by atoms with Crippen molar-refractivity contribution >= 4 is 5.69 Å². The van der Waals surface area contributed by atoms with E-state index in [2.05, 4.69) is 5.32 Å². The molecule has 1 unspecified atom stereocenters. The Morgan fingerprint density at radius 2 is 2.29 bits per heavy atom. The molecule has 94 valence electrons. The van der Waals surface area contributed by atoms with E-state index < -0.39 is 0 Å². The average molecular weight is 237 g/mol. The van der Waals surface area contributed by atoms with E-state index in [1.165, 1.54) is 0 Å². The van der Waals surface area contributed by atoms with Crippen molar-refractivity contribution in [1.82, 2.24) is 0 Å². The fourth-order valence-corrected chi connectivity index (χ4v) is 1.78. The molecule has 2 rings (SSSR count). The Morgan fingerprint density at radius 3 is 3.06 bits per heavy atom. The van der Waals surface area contributed by atoms with Crippen molar-refractivity contribution < 1.29 is 14.2 Å². The van der Waals surface area contributed by atoms with Gasteiger partial charge in [0.05, 0.1) is 25.0 Å². The van der Waals surface area contributed by atoms with Crippen molar-refractivity contribution in [1.29, 1.82) is 0 Å². The van der Waals surface area contributed by atoms with Gasteiger partial charge in [-0.05, 0) is 25.5 Å². The van der Waals surface area contributed by atoms with Crippen molar-refractivity contribution in [3.05, 3.63) is 24.3 Å². The Kier molecular flexibility index (Phi) is 4.64. The predicted octanol–water partition coefficient (Wildman–Crippen LogP) is 2.26. The molecule has 0 amide bonds. The molecule has 0 spiro atoms. The summed E-state index contributed by atoms with van der Waals surface area (Å²) < 4.78 is 16.2. The monoisotopic (exact) mass is 237 g/mol. The fourth-order valence-electron chi connectivity index (χ4n) is 1.78. The number of rotatable bonds is 5. The molecule has 1 heterocycles.